The number of aromatic nitrogens is 3. The number of aliphatic hydroxyl groups is 1. The smallest absolute Gasteiger partial charge is 0.317 e. The Morgan fingerprint density at radius 3 is 2.50 bits per heavy atom. The summed E-state index contributed by atoms with van der Waals surface area (Å²) in [4.78, 5) is 13.7. The number of rotatable bonds is 7. The lowest BCUT2D eigenvalue weighted by Crippen LogP contribution is -2.31. The highest BCUT2D eigenvalue weighted by molar-refractivity contribution is 8.00. The van der Waals surface area contributed by atoms with Gasteiger partial charge >= 0.3 is 5.97 Å². The van der Waals surface area contributed by atoms with Crippen LogP contribution in [0.1, 0.15) is 31.2 Å². The van der Waals surface area contributed by atoms with Crippen LogP contribution in [0.4, 0.5) is 5.95 Å². The number of carbonyl (C=O) groups is 1. The van der Waals surface area contributed by atoms with E-state index >= 15 is 0 Å². The van der Waals surface area contributed by atoms with Crippen molar-refractivity contribution in [3.63, 3.8) is 0 Å². The number of aryl methyl sites for hydroxylation is 1. The number of piperidine rings is 1. The molecule has 0 aliphatic carbocycles. The molecule has 8 heteroatoms. The van der Waals surface area contributed by atoms with Crippen LogP contribution in [-0.2, 0) is 4.79 Å². The minimum Gasteiger partial charge on any atom is -0.480 e. The number of aliphatic hydroxyl groups excluding tert-OH is 1. The number of carboxylic acids is 1. The molecule has 140 valence electrons. The number of carboxylic acid groups (broad SMARTS) is 1. The molecule has 1 aliphatic heterocycles. The van der Waals surface area contributed by atoms with Crippen LogP contribution in [0.3, 0.4) is 0 Å². The first-order valence-corrected chi connectivity index (χ1v) is 9.76. The van der Waals surface area contributed by atoms with Crippen molar-refractivity contribution in [2.75, 3.05) is 24.6 Å². The predicted molar refractivity (Wildman–Crippen MR) is 101 cm³/mol. The quantitative estimate of drug-likeness (QED) is 0.717. The Bertz CT molecular complexity index is 741. The zero-order chi connectivity index (χ0) is 18.5. The number of nitrogens with zero attached hydrogens (tertiary/aromatic N) is 4. The van der Waals surface area contributed by atoms with Crippen LogP contribution in [0.5, 0.6) is 0 Å². The molecule has 0 bridgehead atoms. The molecule has 1 unspecified atom stereocenters. The largest absolute Gasteiger partial charge is 0.480 e. The molecule has 1 aromatic carbocycles. The second-order valence-electron chi connectivity index (χ2n) is 6.46. The average Bonchev–Trinajstić information content (AvgIpc) is 3.06. The van der Waals surface area contributed by atoms with Gasteiger partial charge in [-0.15, -0.1) is 10.2 Å². The fraction of sp³-hybridized carbons (Fsp3) is 0.500. The van der Waals surface area contributed by atoms with Gasteiger partial charge in [0.1, 0.15) is 5.25 Å². The van der Waals surface area contributed by atoms with Crippen LogP contribution >= 0.6 is 11.8 Å². The van der Waals surface area contributed by atoms with Gasteiger partial charge in [0.15, 0.2) is 5.16 Å². The maximum absolute atomic E-state index is 11.5. The Balaban J connectivity index is 1.99. The van der Waals surface area contributed by atoms with Crippen molar-refractivity contribution in [1.82, 2.24) is 14.8 Å². The summed E-state index contributed by atoms with van der Waals surface area (Å²) in [5, 5.41) is 27.0. The molecule has 0 saturated carbocycles. The van der Waals surface area contributed by atoms with Gasteiger partial charge in [0.2, 0.25) is 5.95 Å². The molecule has 1 aliphatic rings. The Labute approximate surface area is 157 Å². The van der Waals surface area contributed by atoms with Gasteiger partial charge in [-0.25, -0.2) is 0 Å². The number of thioether (sulfide) groups is 1. The Morgan fingerprint density at radius 2 is 1.88 bits per heavy atom. The van der Waals surface area contributed by atoms with Gasteiger partial charge in [-0.05, 0) is 44.7 Å². The molecule has 2 heterocycles. The van der Waals surface area contributed by atoms with E-state index in [2.05, 4.69) is 15.1 Å². The van der Waals surface area contributed by atoms with E-state index < -0.39 is 11.2 Å². The second kappa shape index (κ2) is 8.55. The van der Waals surface area contributed by atoms with E-state index in [0.717, 1.165) is 54.9 Å². The summed E-state index contributed by atoms with van der Waals surface area (Å²) in [7, 11) is 0. The van der Waals surface area contributed by atoms with Crippen LogP contribution in [0.15, 0.2) is 29.4 Å². The first-order chi connectivity index (χ1) is 12.6. The van der Waals surface area contributed by atoms with Crippen LogP contribution in [0.25, 0.3) is 5.69 Å². The maximum atomic E-state index is 11.5. The third-order valence-electron chi connectivity index (χ3n) is 4.46. The van der Waals surface area contributed by atoms with Gasteiger partial charge < -0.3 is 15.1 Å². The van der Waals surface area contributed by atoms with Crippen molar-refractivity contribution in [3.8, 4) is 5.69 Å². The topological polar surface area (TPSA) is 91.5 Å². The Kier molecular flexibility index (Phi) is 6.16. The molecule has 26 heavy (non-hydrogen) atoms. The third-order valence-corrected chi connectivity index (χ3v) is 5.66. The van der Waals surface area contributed by atoms with Gasteiger partial charge in [0.25, 0.3) is 0 Å². The van der Waals surface area contributed by atoms with E-state index in [1.165, 1.54) is 6.42 Å². The monoisotopic (exact) mass is 376 g/mol. The lowest BCUT2D eigenvalue weighted by atomic mass is 10.1. The Hall–Kier alpha value is -2.06. The van der Waals surface area contributed by atoms with Crippen molar-refractivity contribution in [3.05, 3.63) is 29.8 Å². The van der Waals surface area contributed by atoms with Crippen molar-refractivity contribution < 1.29 is 15.0 Å². The number of hydrogen-bond acceptors (Lipinski definition) is 6. The first-order valence-electron chi connectivity index (χ1n) is 8.88. The van der Waals surface area contributed by atoms with E-state index in [9.17, 15) is 9.90 Å². The number of hydrogen-bond donors (Lipinski definition) is 2. The van der Waals surface area contributed by atoms with Gasteiger partial charge in [-0.1, -0.05) is 29.5 Å². The number of benzene rings is 1. The summed E-state index contributed by atoms with van der Waals surface area (Å²) in [5.74, 6) is -0.203. The summed E-state index contributed by atoms with van der Waals surface area (Å²) in [5.41, 5.74) is 2.07. The molecule has 2 aromatic rings. The van der Waals surface area contributed by atoms with Gasteiger partial charge in [-0.2, -0.15) is 0 Å². The predicted octanol–water partition coefficient (Wildman–Crippen LogP) is 2.49. The summed E-state index contributed by atoms with van der Waals surface area (Å²) in [6, 6.07) is 8.04. The third kappa shape index (κ3) is 4.19. The molecule has 1 aromatic heterocycles. The van der Waals surface area contributed by atoms with E-state index in [4.69, 9.17) is 5.11 Å². The van der Waals surface area contributed by atoms with Crippen molar-refractivity contribution in [1.29, 1.82) is 0 Å². The molecule has 0 spiro atoms. The fourth-order valence-electron chi connectivity index (χ4n) is 3.03. The maximum Gasteiger partial charge on any atom is 0.317 e. The van der Waals surface area contributed by atoms with E-state index in [1.807, 2.05) is 35.8 Å². The van der Waals surface area contributed by atoms with Gasteiger partial charge in [0.05, 0.1) is 5.69 Å². The first kappa shape index (κ1) is 18.7. The van der Waals surface area contributed by atoms with Gasteiger partial charge in [0, 0.05) is 19.7 Å². The molecule has 1 atom stereocenters. The second-order valence-corrected chi connectivity index (χ2v) is 7.63. The molecule has 2 N–H and O–H groups in total. The fourth-order valence-corrected chi connectivity index (χ4v) is 3.99. The number of anilines is 1. The highest BCUT2D eigenvalue weighted by atomic mass is 32.2. The molecule has 3 rings (SSSR count). The minimum absolute atomic E-state index is 0.166. The molecular formula is C18H24N4O3S. The highest BCUT2D eigenvalue weighted by Crippen LogP contribution is 2.31. The van der Waals surface area contributed by atoms with E-state index in [-0.39, 0.29) is 13.0 Å². The van der Waals surface area contributed by atoms with Crippen molar-refractivity contribution in [2.24, 2.45) is 0 Å². The lowest BCUT2D eigenvalue weighted by Gasteiger charge is -2.28. The van der Waals surface area contributed by atoms with Crippen LogP contribution < -0.4 is 4.90 Å². The van der Waals surface area contributed by atoms with E-state index in [0.29, 0.717) is 5.16 Å². The molecule has 1 fully saturated rings. The molecule has 1 saturated heterocycles. The minimum atomic E-state index is -0.956. The van der Waals surface area contributed by atoms with E-state index in [1.54, 1.807) is 0 Å². The summed E-state index contributed by atoms with van der Waals surface area (Å²) in [6.07, 6.45) is 3.62. The molecule has 0 radical (unpaired) electrons. The van der Waals surface area contributed by atoms with Crippen LogP contribution in [0.2, 0.25) is 0 Å². The van der Waals surface area contributed by atoms with Crippen molar-refractivity contribution >= 4 is 23.7 Å². The molecular weight excluding hydrogens is 352 g/mol. The zero-order valence-corrected chi connectivity index (χ0v) is 15.7. The average molecular weight is 376 g/mol. The molecule has 0 amide bonds. The van der Waals surface area contributed by atoms with Crippen LogP contribution in [0, 0.1) is 6.92 Å². The van der Waals surface area contributed by atoms with Gasteiger partial charge in [-0.3, -0.25) is 9.36 Å². The standard InChI is InChI=1S/C18H24N4O3S/c1-13-5-7-14(8-6-13)22-17(21-10-3-2-4-11-21)19-20-18(22)26-15(9-12-23)16(24)25/h5-8,15,23H,2-4,9-12H2,1H3,(H,24,25). The lowest BCUT2D eigenvalue weighted by molar-refractivity contribution is -0.136. The summed E-state index contributed by atoms with van der Waals surface area (Å²) < 4.78 is 1.93. The summed E-state index contributed by atoms with van der Waals surface area (Å²) in [6.45, 7) is 3.70. The normalized spacial score (nSPS) is 15.8. The van der Waals surface area contributed by atoms with Crippen LogP contribution in [-0.4, -0.2) is 55.9 Å². The SMILES string of the molecule is Cc1ccc(-n2c(SC(CCO)C(=O)O)nnc2N2CCCCC2)cc1. The highest BCUT2D eigenvalue weighted by Gasteiger charge is 2.26. The zero-order valence-electron chi connectivity index (χ0n) is 14.8. The molecule has 7 nitrogen and oxygen atoms in total. The summed E-state index contributed by atoms with van der Waals surface area (Å²) >= 11 is 1.14. The Morgan fingerprint density at radius 1 is 1.19 bits per heavy atom. The van der Waals surface area contributed by atoms with Crippen molar-refractivity contribution in [2.45, 2.75) is 43.0 Å². The number of aliphatic carboxylic acids is 1.